The minimum atomic E-state index is 0. The van der Waals surface area contributed by atoms with E-state index in [1.807, 2.05) is 0 Å². The number of hydrogen-bond acceptors (Lipinski definition) is 2. The van der Waals surface area contributed by atoms with Crippen LogP contribution < -0.4 is 18.9 Å². The molecule has 38 valence electrons. The van der Waals surface area contributed by atoms with Crippen LogP contribution in [0.15, 0.2) is 0 Å². The van der Waals surface area contributed by atoms with Gasteiger partial charge in [-0.25, -0.2) is 9.78 Å². The molecule has 1 heterocycles. The van der Waals surface area contributed by atoms with Crippen molar-refractivity contribution in [2.45, 2.75) is 12.8 Å². The van der Waals surface area contributed by atoms with Crippen molar-refractivity contribution >= 4 is 0 Å². The van der Waals surface area contributed by atoms with E-state index in [-0.39, 0.29) is 20.3 Å². The number of hydrogen-bond donors (Lipinski definition) is 0. The Hall–Kier alpha value is 0.517. The third kappa shape index (κ3) is 3.13. The van der Waals surface area contributed by atoms with Crippen LogP contribution in [0.4, 0.5) is 0 Å². The Morgan fingerprint density at radius 2 is 1.43 bits per heavy atom. The standard InChI is InChI=1S/C4H8O2.Li.H/c1-2-4-6-5-3-1;;/h1-4H2;;/q;+1;-1. The van der Waals surface area contributed by atoms with Crippen molar-refractivity contribution in [2.75, 3.05) is 13.2 Å². The van der Waals surface area contributed by atoms with E-state index in [1.54, 1.807) is 0 Å². The summed E-state index contributed by atoms with van der Waals surface area (Å²) in [5, 5.41) is 0. The molecule has 0 atom stereocenters. The molecule has 1 aliphatic heterocycles. The van der Waals surface area contributed by atoms with Crippen LogP contribution in [0.2, 0.25) is 0 Å². The average molecular weight is 96.1 g/mol. The van der Waals surface area contributed by atoms with Crippen LogP contribution >= 0.6 is 0 Å². The molecule has 1 saturated heterocycles. The molecule has 1 fully saturated rings. The second-order valence-electron chi connectivity index (χ2n) is 1.35. The summed E-state index contributed by atoms with van der Waals surface area (Å²) in [5.41, 5.74) is 0. The third-order valence-electron chi connectivity index (χ3n) is 0.789. The molecule has 3 heteroatoms. The van der Waals surface area contributed by atoms with Gasteiger partial charge in [-0.3, -0.25) is 0 Å². The smallest absolute Gasteiger partial charge is 1.00 e. The zero-order valence-corrected chi connectivity index (χ0v) is 4.64. The Kier molecular flexibility index (Phi) is 5.02. The molecule has 0 unspecified atom stereocenters. The molecule has 0 radical (unpaired) electrons. The Bertz CT molecular complexity index is 29.5. The van der Waals surface area contributed by atoms with E-state index in [4.69, 9.17) is 0 Å². The monoisotopic (exact) mass is 96.1 g/mol. The topological polar surface area (TPSA) is 18.5 Å². The van der Waals surface area contributed by atoms with Gasteiger partial charge in [0.25, 0.3) is 0 Å². The second kappa shape index (κ2) is 4.67. The van der Waals surface area contributed by atoms with Crippen molar-refractivity contribution in [2.24, 2.45) is 0 Å². The minimum absolute atomic E-state index is 0. The van der Waals surface area contributed by atoms with Crippen LogP contribution in [0.5, 0.6) is 0 Å². The molecule has 0 aromatic rings. The molecule has 0 saturated carbocycles. The normalized spacial score (nSPS) is 20.6. The second-order valence-corrected chi connectivity index (χ2v) is 1.35. The van der Waals surface area contributed by atoms with Gasteiger partial charge in [-0.15, -0.1) is 0 Å². The van der Waals surface area contributed by atoms with E-state index in [0.717, 1.165) is 26.1 Å². The Morgan fingerprint density at radius 3 is 1.57 bits per heavy atom. The van der Waals surface area contributed by atoms with Crippen molar-refractivity contribution in [3.63, 3.8) is 0 Å². The first-order valence-corrected chi connectivity index (χ1v) is 2.24. The molecule has 0 bridgehead atoms. The van der Waals surface area contributed by atoms with Crippen LogP contribution in [0.25, 0.3) is 0 Å². The Morgan fingerprint density at radius 1 is 1.00 bits per heavy atom. The SMILES string of the molecule is C1CCOOC1.[H-].[Li+]. The molecule has 2 nitrogen and oxygen atoms in total. The van der Waals surface area contributed by atoms with Crippen molar-refractivity contribution in [1.29, 1.82) is 0 Å². The Balaban J connectivity index is 0. The van der Waals surface area contributed by atoms with E-state index in [9.17, 15) is 0 Å². The largest absolute Gasteiger partial charge is 1.00 e. The fraction of sp³-hybridized carbons (Fsp3) is 1.00. The molecule has 0 amide bonds. The summed E-state index contributed by atoms with van der Waals surface area (Å²) in [7, 11) is 0. The molecule has 0 aromatic heterocycles. The predicted molar refractivity (Wildman–Crippen MR) is 22.2 cm³/mol. The summed E-state index contributed by atoms with van der Waals surface area (Å²) in [4.78, 5) is 9.14. The first-order chi connectivity index (χ1) is 3.00. The molecule has 0 spiro atoms. The van der Waals surface area contributed by atoms with Crippen molar-refractivity contribution < 1.29 is 30.1 Å². The van der Waals surface area contributed by atoms with Gasteiger partial charge in [0.1, 0.15) is 0 Å². The maximum Gasteiger partial charge on any atom is 1.00 e. The number of rotatable bonds is 0. The van der Waals surface area contributed by atoms with Gasteiger partial charge in [0, 0.05) is 0 Å². The van der Waals surface area contributed by atoms with E-state index >= 15 is 0 Å². The van der Waals surface area contributed by atoms with Gasteiger partial charge < -0.3 is 1.43 Å². The van der Waals surface area contributed by atoms with Gasteiger partial charge in [-0.2, -0.15) is 0 Å². The molecule has 0 aliphatic carbocycles. The summed E-state index contributed by atoms with van der Waals surface area (Å²) in [6.07, 6.45) is 2.31. The quantitative estimate of drug-likeness (QED) is 0.253. The zero-order valence-electron chi connectivity index (χ0n) is 5.64. The maximum absolute atomic E-state index is 4.57. The minimum Gasteiger partial charge on any atom is -1.00 e. The van der Waals surface area contributed by atoms with Crippen molar-refractivity contribution in [3.8, 4) is 0 Å². The van der Waals surface area contributed by atoms with E-state index in [0.29, 0.717) is 0 Å². The third-order valence-corrected chi connectivity index (χ3v) is 0.789. The fourth-order valence-corrected chi connectivity index (χ4v) is 0.440. The Labute approximate surface area is 56.8 Å². The van der Waals surface area contributed by atoms with Gasteiger partial charge >= 0.3 is 18.9 Å². The van der Waals surface area contributed by atoms with Crippen molar-refractivity contribution in [1.82, 2.24) is 0 Å². The molecule has 0 N–H and O–H groups in total. The van der Waals surface area contributed by atoms with Crippen LogP contribution in [0.1, 0.15) is 14.3 Å². The van der Waals surface area contributed by atoms with Crippen LogP contribution in [-0.4, -0.2) is 13.2 Å². The first-order valence-electron chi connectivity index (χ1n) is 2.24. The van der Waals surface area contributed by atoms with Gasteiger partial charge in [-0.1, -0.05) is 0 Å². The summed E-state index contributed by atoms with van der Waals surface area (Å²) in [6, 6.07) is 0. The summed E-state index contributed by atoms with van der Waals surface area (Å²) in [6.45, 7) is 1.56. The van der Waals surface area contributed by atoms with Crippen LogP contribution in [0, 0.1) is 0 Å². The predicted octanol–water partition coefficient (Wildman–Crippen LogP) is -2.16. The van der Waals surface area contributed by atoms with E-state index in [1.165, 1.54) is 0 Å². The van der Waals surface area contributed by atoms with Crippen molar-refractivity contribution in [3.05, 3.63) is 0 Å². The summed E-state index contributed by atoms with van der Waals surface area (Å²) >= 11 is 0. The maximum atomic E-state index is 4.57. The molecule has 0 aromatic carbocycles. The first kappa shape index (κ1) is 7.52. The van der Waals surface area contributed by atoms with Crippen LogP contribution in [-0.2, 0) is 9.78 Å². The fourth-order valence-electron chi connectivity index (χ4n) is 0.440. The molecule has 1 rings (SSSR count). The van der Waals surface area contributed by atoms with Crippen LogP contribution in [0.3, 0.4) is 0 Å². The van der Waals surface area contributed by atoms with Gasteiger partial charge in [0.2, 0.25) is 0 Å². The van der Waals surface area contributed by atoms with Gasteiger partial charge in [-0.05, 0) is 12.8 Å². The summed E-state index contributed by atoms with van der Waals surface area (Å²) < 4.78 is 0. The zero-order chi connectivity index (χ0) is 4.24. The molecular weight excluding hydrogens is 87.0 g/mol. The molecule has 1 aliphatic rings. The van der Waals surface area contributed by atoms with Gasteiger partial charge in [0.05, 0.1) is 13.2 Å². The van der Waals surface area contributed by atoms with E-state index in [2.05, 4.69) is 9.78 Å². The average Bonchev–Trinajstić information content (AvgIpc) is 1.72. The molecular formula is C4H9LiO2. The van der Waals surface area contributed by atoms with E-state index < -0.39 is 0 Å². The van der Waals surface area contributed by atoms with Gasteiger partial charge in [0.15, 0.2) is 0 Å². The molecule has 7 heavy (non-hydrogen) atoms. The summed E-state index contributed by atoms with van der Waals surface area (Å²) in [5.74, 6) is 0.